The van der Waals surface area contributed by atoms with Crippen LogP contribution in [0, 0.1) is 19.8 Å². The van der Waals surface area contributed by atoms with Crippen LogP contribution in [0.1, 0.15) is 44.1 Å². The van der Waals surface area contributed by atoms with Crippen LogP contribution in [0.2, 0.25) is 0 Å². The summed E-state index contributed by atoms with van der Waals surface area (Å²) < 4.78 is 7.49. The molecule has 2 rings (SSSR count). The van der Waals surface area contributed by atoms with Crippen LogP contribution in [0.3, 0.4) is 0 Å². The Morgan fingerprint density at radius 1 is 1.21 bits per heavy atom. The third kappa shape index (κ3) is 8.41. The summed E-state index contributed by atoms with van der Waals surface area (Å²) in [6, 6.07) is 0.474. The van der Waals surface area contributed by atoms with Crippen LogP contribution < -0.4 is 10.6 Å². The maximum absolute atomic E-state index is 5.53. The minimum absolute atomic E-state index is 0. The van der Waals surface area contributed by atoms with Gasteiger partial charge in [-0.05, 0) is 45.1 Å². The fraction of sp³-hybridized carbons (Fsp3) is 0.810. The van der Waals surface area contributed by atoms with Gasteiger partial charge in [0.05, 0.1) is 25.5 Å². The second-order valence-electron chi connectivity index (χ2n) is 8.10. The number of aliphatic imine (C=N–C) groups is 1. The lowest BCUT2D eigenvalue weighted by Gasteiger charge is -2.34. The Bertz CT molecular complexity index is 625. The zero-order chi connectivity index (χ0) is 20.5. The van der Waals surface area contributed by atoms with E-state index in [0.717, 1.165) is 70.4 Å². The second kappa shape index (κ2) is 13.4. The number of aryl methyl sites for hydroxylation is 2. The average Bonchev–Trinajstić information content (AvgIpc) is 2.91. The van der Waals surface area contributed by atoms with Crippen molar-refractivity contribution < 1.29 is 4.74 Å². The molecule has 0 spiro atoms. The Hall–Kier alpha value is -0.870. The highest BCUT2D eigenvalue weighted by Gasteiger charge is 2.21. The molecule has 1 aromatic rings. The summed E-state index contributed by atoms with van der Waals surface area (Å²) in [7, 11) is 2.01. The molecule has 0 aliphatic carbocycles. The molecule has 1 aliphatic rings. The molecule has 1 atom stereocenters. The molecule has 29 heavy (non-hydrogen) atoms. The second-order valence-corrected chi connectivity index (χ2v) is 8.10. The van der Waals surface area contributed by atoms with Gasteiger partial charge in [-0.1, -0.05) is 13.8 Å². The largest absolute Gasteiger partial charge is 0.379 e. The van der Waals surface area contributed by atoms with Gasteiger partial charge in [-0.25, -0.2) is 0 Å². The van der Waals surface area contributed by atoms with Gasteiger partial charge in [-0.3, -0.25) is 14.6 Å². The summed E-state index contributed by atoms with van der Waals surface area (Å²) in [5.74, 6) is 1.57. The Morgan fingerprint density at radius 3 is 2.45 bits per heavy atom. The molecule has 2 N–H and O–H groups in total. The van der Waals surface area contributed by atoms with Crippen molar-refractivity contribution in [2.75, 3.05) is 45.9 Å². The van der Waals surface area contributed by atoms with E-state index in [1.54, 1.807) is 0 Å². The molecule has 0 aromatic carbocycles. The summed E-state index contributed by atoms with van der Waals surface area (Å²) in [6.07, 6.45) is 2.12. The van der Waals surface area contributed by atoms with Crippen molar-refractivity contribution in [2.45, 2.75) is 53.5 Å². The minimum atomic E-state index is 0. The maximum atomic E-state index is 5.53. The first-order valence-electron chi connectivity index (χ1n) is 10.7. The van der Waals surface area contributed by atoms with E-state index in [4.69, 9.17) is 9.73 Å². The Balaban J connectivity index is 0.00000420. The molecular formula is C21H41IN6O. The van der Waals surface area contributed by atoms with E-state index in [1.165, 1.54) is 11.3 Å². The molecule has 1 aliphatic heterocycles. The lowest BCUT2D eigenvalue weighted by Crippen LogP contribution is -2.46. The predicted molar refractivity (Wildman–Crippen MR) is 131 cm³/mol. The van der Waals surface area contributed by atoms with Crippen molar-refractivity contribution in [3.8, 4) is 0 Å². The summed E-state index contributed by atoms with van der Waals surface area (Å²) in [6.45, 7) is 17.1. The maximum Gasteiger partial charge on any atom is 0.191 e. The number of aromatic nitrogens is 2. The molecule has 168 valence electrons. The zero-order valence-corrected chi connectivity index (χ0v) is 21.5. The number of ether oxygens (including phenoxy) is 1. The molecule has 0 amide bonds. The van der Waals surface area contributed by atoms with Gasteiger partial charge in [0.1, 0.15) is 0 Å². The number of halogens is 1. The zero-order valence-electron chi connectivity index (χ0n) is 19.1. The van der Waals surface area contributed by atoms with Gasteiger partial charge in [-0.2, -0.15) is 5.10 Å². The van der Waals surface area contributed by atoms with Crippen LogP contribution >= 0.6 is 24.0 Å². The minimum Gasteiger partial charge on any atom is -0.379 e. The lowest BCUT2D eigenvalue weighted by molar-refractivity contribution is 0.0143. The fourth-order valence-corrected chi connectivity index (χ4v) is 3.85. The number of rotatable bonds is 9. The van der Waals surface area contributed by atoms with E-state index in [0.29, 0.717) is 12.0 Å². The first-order chi connectivity index (χ1) is 13.4. The van der Waals surface area contributed by atoms with Gasteiger partial charge in [0.2, 0.25) is 0 Å². The summed E-state index contributed by atoms with van der Waals surface area (Å²) >= 11 is 0. The van der Waals surface area contributed by atoms with Crippen LogP contribution in [0.25, 0.3) is 0 Å². The van der Waals surface area contributed by atoms with Crippen molar-refractivity contribution >= 4 is 29.9 Å². The van der Waals surface area contributed by atoms with Gasteiger partial charge >= 0.3 is 0 Å². The molecule has 1 saturated heterocycles. The highest BCUT2D eigenvalue weighted by Crippen LogP contribution is 2.14. The monoisotopic (exact) mass is 520 g/mol. The van der Waals surface area contributed by atoms with Crippen molar-refractivity contribution in [2.24, 2.45) is 18.0 Å². The molecule has 8 heteroatoms. The smallest absolute Gasteiger partial charge is 0.191 e. The SMILES string of the molecule is CCNC(=NCC(CC(C)C)N1CCOCC1)NCCc1c(C)nn(C)c1C.I. The highest BCUT2D eigenvalue weighted by atomic mass is 127. The van der Waals surface area contributed by atoms with Crippen molar-refractivity contribution in [3.63, 3.8) is 0 Å². The molecule has 1 aromatic heterocycles. The summed E-state index contributed by atoms with van der Waals surface area (Å²) in [5, 5.41) is 11.4. The fourth-order valence-electron chi connectivity index (χ4n) is 3.85. The van der Waals surface area contributed by atoms with Crippen LogP contribution in [0.5, 0.6) is 0 Å². The number of nitrogens with one attached hydrogen (secondary N) is 2. The van der Waals surface area contributed by atoms with Gasteiger partial charge in [0.25, 0.3) is 0 Å². The van der Waals surface area contributed by atoms with E-state index in [9.17, 15) is 0 Å². The van der Waals surface area contributed by atoms with E-state index < -0.39 is 0 Å². The average molecular weight is 521 g/mol. The number of hydrogen-bond donors (Lipinski definition) is 2. The number of nitrogens with zero attached hydrogens (tertiary/aromatic N) is 4. The van der Waals surface area contributed by atoms with Crippen molar-refractivity contribution in [3.05, 3.63) is 17.0 Å². The third-order valence-corrected chi connectivity index (χ3v) is 5.44. The lowest BCUT2D eigenvalue weighted by atomic mass is 10.0. The molecule has 1 fully saturated rings. The Kier molecular flexibility index (Phi) is 12.1. The quantitative estimate of drug-likeness (QED) is 0.298. The molecule has 0 saturated carbocycles. The summed E-state index contributed by atoms with van der Waals surface area (Å²) in [4.78, 5) is 7.46. The van der Waals surface area contributed by atoms with Gasteiger partial charge in [0, 0.05) is 45.0 Å². The third-order valence-electron chi connectivity index (χ3n) is 5.44. The number of guanidine groups is 1. The summed E-state index contributed by atoms with van der Waals surface area (Å²) in [5.41, 5.74) is 3.69. The molecule has 0 radical (unpaired) electrons. The Labute approximate surface area is 194 Å². The standard InChI is InChI=1S/C21H40N6O.HI/c1-7-22-21(23-9-8-20-17(4)25-26(6)18(20)5)24-15-19(14-16(2)3)27-10-12-28-13-11-27;/h16,19H,7-15H2,1-6H3,(H2,22,23,24);1H. The van der Waals surface area contributed by atoms with Crippen LogP contribution in [0.4, 0.5) is 0 Å². The molecule has 7 nitrogen and oxygen atoms in total. The van der Waals surface area contributed by atoms with Gasteiger partial charge in [0.15, 0.2) is 5.96 Å². The Morgan fingerprint density at radius 2 is 1.90 bits per heavy atom. The van der Waals surface area contributed by atoms with Crippen molar-refractivity contribution in [1.82, 2.24) is 25.3 Å². The molecule has 0 bridgehead atoms. The normalized spacial score (nSPS) is 16.6. The van der Waals surface area contributed by atoms with Gasteiger partial charge < -0.3 is 15.4 Å². The van der Waals surface area contributed by atoms with E-state index >= 15 is 0 Å². The topological polar surface area (TPSA) is 66.7 Å². The van der Waals surface area contributed by atoms with E-state index in [-0.39, 0.29) is 24.0 Å². The number of hydrogen-bond acceptors (Lipinski definition) is 4. The molecule has 2 heterocycles. The van der Waals surface area contributed by atoms with E-state index in [1.807, 2.05) is 11.7 Å². The van der Waals surface area contributed by atoms with Crippen LogP contribution in [-0.4, -0.2) is 72.6 Å². The highest BCUT2D eigenvalue weighted by molar-refractivity contribution is 14.0. The van der Waals surface area contributed by atoms with Crippen LogP contribution in [0.15, 0.2) is 4.99 Å². The predicted octanol–water partition coefficient (Wildman–Crippen LogP) is 2.50. The first kappa shape index (κ1) is 26.2. The molecule has 1 unspecified atom stereocenters. The van der Waals surface area contributed by atoms with Gasteiger partial charge in [-0.15, -0.1) is 24.0 Å². The van der Waals surface area contributed by atoms with Crippen molar-refractivity contribution in [1.29, 1.82) is 0 Å². The van der Waals surface area contributed by atoms with E-state index in [2.05, 4.69) is 55.3 Å². The molecular weight excluding hydrogens is 479 g/mol. The first-order valence-corrected chi connectivity index (χ1v) is 10.7. The number of morpholine rings is 1. The van der Waals surface area contributed by atoms with Crippen LogP contribution in [-0.2, 0) is 18.2 Å².